The van der Waals surface area contributed by atoms with E-state index in [1.54, 1.807) is 0 Å². The minimum Gasteiger partial charge on any atom is -0.394 e. The summed E-state index contributed by atoms with van der Waals surface area (Å²) in [5.74, 6) is 0. The minimum atomic E-state index is -1.19. The zero-order valence-electron chi connectivity index (χ0n) is 7.17. The molecule has 13 heavy (non-hydrogen) atoms. The maximum absolute atomic E-state index is 9.44. The SMILES string of the molecule is C=CCOC1C(O)[C@@H](CO)O[C@H]1O. The highest BCUT2D eigenvalue weighted by molar-refractivity contribution is 4.87. The molecule has 0 aromatic rings. The number of hydrogen-bond acceptors (Lipinski definition) is 5. The zero-order chi connectivity index (χ0) is 9.84. The van der Waals surface area contributed by atoms with Gasteiger partial charge in [-0.3, -0.25) is 0 Å². The molecule has 2 unspecified atom stereocenters. The number of rotatable bonds is 4. The van der Waals surface area contributed by atoms with Gasteiger partial charge in [0, 0.05) is 0 Å². The van der Waals surface area contributed by atoms with E-state index in [1.807, 2.05) is 0 Å². The van der Waals surface area contributed by atoms with Crippen LogP contribution in [0.1, 0.15) is 0 Å². The number of aliphatic hydroxyl groups excluding tert-OH is 3. The monoisotopic (exact) mass is 190 g/mol. The van der Waals surface area contributed by atoms with Crippen LogP contribution in [0.25, 0.3) is 0 Å². The second-order valence-corrected chi connectivity index (χ2v) is 2.82. The van der Waals surface area contributed by atoms with Crippen molar-refractivity contribution in [1.82, 2.24) is 0 Å². The molecule has 0 aliphatic carbocycles. The summed E-state index contributed by atoms with van der Waals surface area (Å²) in [6, 6.07) is 0. The lowest BCUT2D eigenvalue weighted by molar-refractivity contribution is -0.144. The standard InChI is InChI=1S/C8H14O5/c1-2-3-12-7-6(10)5(4-9)13-8(7)11/h2,5-11H,1,3-4H2/t5-,6?,7?,8-/m1/s1. The van der Waals surface area contributed by atoms with Crippen LogP contribution in [0.4, 0.5) is 0 Å². The van der Waals surface area contributed by atoms with Gasteiger partial charge in [-0.1, -0.05) is 6.08 Å². The van der Waals surface area contributed by atoms with Gasteiger partial charge < -0.3 is 24.8 Å². The van der Waals surface area contributed by atoms with E-state index in [2.05, 4.69) is 6.58 Å². The average molecular weight is 190 g/mol. The van der Waals surface area contributed by atoms with Crippen molar-refractivity contribution in [3.05, 3.63) is 12.7 Å². The third kappa shape index (κ3) is 2.26. The van der Waals surface area contributed by atoms with Crippen LogP contribution < -0.4 is 0 Å². The Bertz CT molecular complexity index is 172. The van der Waals surface area contributed by atoms with Crippen molar-refractivity contribution < 1.29 is 24.8 Å². The van der Waals surface area contributed by atoms with Crippen LogP contribution in [0.15, 0.2) is 12.7 Å². The zero-order valence-corrected chi connectivity index (χ0v) is 7.17. The van der Waals surface area contributed by atoms with Gasteiger partial charge in [0.2, 0.25) is 0 Å². The highest BCUT2D eigenvalue weighted by atomic mass is 16.7. The van der Waals surface area contributed by atoms with Crippen molar-refractivity contribution in [2.24, 2.45) is 0 Å². The van der Waals surface area contributed by atoms with Gasteiger partial charge in [0.25, 0.3) is 0 Å². The predicted molar refractivity (Wildman–Crippen MR) is 43.9 cm³/mol. The third-order valence-electron chi connectivity index (χ3n) is 1.90. The Hall–Kier alpha value is -0.460. The van der Waals surface area contributed by atoms with Crippen LogP contribution in [0.2, 0.25) is 0 Å². The van der Waals surface area contributed by atoms with Crippen molar-refractivity contribution in [3.8, 4) is 0 Å². The van der Waals surface area contributed by atoms with Gasteiger partial charge in [0.05, 0.1) is 13.2 Å². The summed E-state index contributed by atoms with van der Waals surface area (Å²) < 4.78 is 9.88. The molecule has 0 amide bonds. The molecular weight excluding hydrogens is 176 g/mol. The Labute approximate surface area is 76.2 Å². The van der Waals surface area contributed by atoms with Gasteiger partial charge in [-0.15, -0.1) is 6.58 Å². The van der Waals surface area contributed by atoms with E-state index in [4.69, 9.17) is 14.6 Å². The van der Waals surface area contributed by atoms with Gasteiger partial charge >= 0.3 is 0 Å². The van der Waals surface area contributed by atoms with E-state index >= 15 is 0 Å². The average Bonchev–Trinajstić information content (AvgIpc) is 2.39. The Balaban J connectivity index is 2.48. The molecule has 0 aromatic carbocycles. The molecule has 1 fully saturated rings. The number of ether oxygens (including phenoxy) is 2. The van der Waals surface area contributed by atoms with Crippen molar-refractivity contribution >= 4 is 0 Å². The Morgan fingerprint density at radius 2 is 2.15 bits per heavy atom. The Morgan fingerprint density at radius 3 is 2.62 bits per heavy atom. The van der Waals surface area contributed by atoms with Gasteiger partial charge in [-0.25, -0.2) is 0 Å². The lowest BCUT2D eigenvalue weighted by atomic mass is 10.1. The molecule has 0 spiro atoms. The fourth-order valence-electron chi connectivity index (χ4n) is 1.23. The van der Waals surface area contributed by atoms with Crippen LogP contribution in [-0.4, -0.2) is 53.1 Å². The van der Waals surface area contributed by atoms with E-state index in [9.17, 15) is 10.2 Å². The molecule has 1 aliphatic heterocycles. The van der Waals surface area contributed by atoms with Crippen LogP contribution >= 0.6 is 0 Å². The molecule has 1 heterocycles. The van der Waals surface area contributed by atoms with Crippen LogP contribution in [0.5, 0.6) is 0 Å². The first-order chi connectivity index (χ1) is 6.20. The number of hydrogen-bond donors (Lipinski definition) is 3. The molecule has 1 rings (SSSR count). The fourth-order valence-corrected chi connectivity index (χ4v) is 1.23. The topological polar surface area (TPSA) is 79.2 Å². The predicted octanol–water partition coefficient (Wildman–Crippen LogP) is -1.37. The molecule has 1 aliphatic rings. The van der Waals surface area contributed by atoms with E-state index in [0.29, 0.717) is 0 Å². The van der Waals surface area contributed by atoms with Crippen molar-refractivity contribution in [2.75, 3.05) is 13.2 Å². The molecule has 5 nitrogen and oxygen atoms in total. The summed E-state index contributed by atoms with van der Waals surface area (Å²) in [6.45, 7) is 3.31. The first-order valence-corrected chi connectivity index (χ1v) is 4.05. The summed E-state index contributed by atoms with van der Waals surface area (Å²) in [4.78, 5) is 0. The van der Waals surface area contributed by atoms with E-state index in [1.165, 1.54) is 6.08 Å². The maximum atomic E-state index is 9.44. The molecule has 1 saturated heterocycles. The smallest absolute Gasteiger partial charge is 0.184 e. The summed E-state index contributed by atoms with van der Waals surface area (Å²) in [6.07, 6.45) is -2.27. The minimum absolute atomic E-state index is 0.223. The van der Waals surface area contributed by atoms with Gasteiger partial charge in [-0.2, -0.15) is 0 Å². The fraction of sp³-hybridized carbons (Fsp3) is 0.750. The van der Waals surface area contributed by atoms with Crippen LogP contribution in [0.3, 0.4) is 0 Å². The first kappa shape index (κ1) is 10.6. The molecular formula is C8H14O5. The quantitative estimate of drug-likeness (QED) is 0.476. The van der Waals surface area contributed by atoms with Crippen molar-refractivity contribution in [2.45, 2.75) is 24.6 Å². The lowest BCUT2D eigenvalue weighted by Crippen LogP contribution is -2.36. The van der Waals surface area contributed by atoms with Gasteiger partial charge in [-0.05, 0) is 0 Å². The summed E-state index contributed by atoms with van der Waals surface area (Å²) in [5, 5.41) is 27.4. The molecule has 5 heteroatoms. The number of aliphatic hydroxyl groups is 3. The highest BCUT2D eigenvalue weighted by Gasteiger charge is 2.43. The molecule has 0 radical (unpaired) electrons. The van der Waals surface area contributed by atoms with Crippen molar-refractivity contribution in [1.29, 1.82) is 0 Å². The normalized spacial score (nSPS) is 39.3. The van der Waals surface area contributed by atoms with E-state index in [-0.39, 0.29) is 13.2 Å². The molecule has 0 bridgehead atoms. The largest absolute Gasteiger partial charge is 0.394 e. The molecule has 0 aromatic heterocycles. The molecule has 0 saturated carbocycles. The Kier molecular flexibility index (Phi) is 3.83. The molecule has 3 N–H and O–H groups in total. The van der Waals surface area contributed by atoms with Gasteiger partial charge in [0.15, 0.2) is 6.29 Å². The summed E-state index contributed by atoms with van der Waals surface area (Å²) in [7, 11) is 0. The van der Waals surface area contributed by atoms with E-state index < -0.39 is 24.6 Å². The summed E-state index contributed by atoms with van der Waals surface area (Å²) in [5.41, 5.74) is 0. The van der Waals surface area contributed by atoms with Crippen LogP contribution in [0, 0.1) is 0 Å². The van der Waals surface area contributed by atoms with Crippen LogP contribution in [-0.2, 0) is 9.47 Å². The Morgan fingerprint density at radius 1 is 1.46 bits per heavy atom. The molecule has 76 valence electrons. The highest BCUT2D eigenvalue weighted by Crippen LogP contribution is 2.21. The summed E-state index contributed by atoms with van der Waals surface area (Å²) >= 11 is 0. The second kappa shape index (κ2) is 4.69. The molecule has 4 atom stereocenters. The lowest BCUT2D eigenvalue weighted by Gasteiger charge is -2.16. The first-order valence-electron chi connectivity index (χ1n) is 4.05. The van der Waals surface area contributed by atoms with Gasteiger partial charge in [0.1, 0.15) is 18.3 Å². The van der Waals surface area contributed by atoms with Crippen molar-refractivity contribution in [3.63, 3.8) is 0 Å². The third-order valence-corrected chi connectivity index (χ3v) is 1.90. The second-order valence-electron chi connectivity index (χ2n) is 2.82. The maximum Gasteiger partial charge on any atom is 0.184 e. The van der Waals surface area contributed by atoms with E-state index in [0.717, 1.165) is 0 Å².